The summed E-state index contributed by atoms with van der Waals surface area (Å²) >= 11 is 0. The normalized spacial score (nSPS) is 11.3. The van der Waals surface area contributed by atoms with Gasteiger partial charge >= 0.3 is 0 Å². The van der Waals surface area contributed by atoms with Crippen LogP contribution in [0.1, 0.15) is 23.9 Å². The summed E-state index contributed by atoms with van der Waals surface area (Å²) in [5.41, 5.74) is 3.95. The maximum atomic E-state index is 12.5. The van der Waals surface area contributed by atoms with Crippen LogP contribution in [0.3, 0.4) is 0 Å². The second-order valence-corrected chi connectivity index (χ2v) is 7.59. The summed E-state index contributed by atoms with van der Waals surface area (Å²) < 4.78 is 32.6. The third kappa shape index (κ3) is 3.72. The van der Waals surface area contributed by atoms with Gasteiger partial charge in [0.1, 0.15) is 5.69 Å². The van der Waals surface area contributed by atoms with Crippen molar-refractivity contribution in [2.45, 2.75) is 32.1 Å². The van der Waals surface area contributed by atoms with Crippen molar-refractivity contribution in [3.63, 3.8) is 0 Å². The minimum atomic E-state index is -3.74. The molecule has 0 aliphatic heterocycles. The summed E-state index contributed by atoms with van der Waals surface area (Å²) in [6, 6.07) is 15.2. The van der Waals surface area contributed by atoms with Crippen LogP contribution in [0.5, 0.6) is 0 Å². The van der Waals surface area contributed by atoms with Gasteiger partial charge in [0, 0.05) is 17.1 Å². The Morgan fingerprint density at radius 1 is 1.00 bits per heavy atom. The van der Waals surface area contributed by atoms with Crippen molar-refractivity contribution in [3.05, 3.63) is 65.5 Å². The fraction of sp³-hybridized carbons (Fsp3) is 0.211. The Morgan fingerprint density at radius 2 is 1.65 bits per heavy atom. The topological polar surface area (TPSA) is 84.2 Å². The number of aryl methyl sites for hydroxylation is 3. The predicted molar refractivity (Wildman–Crippen MR) is 102 cm³/mol. The molecule has 3 aromatic rings. The zero-order valence-electron chi connectivity index (χ0n) is 14.9. The quantitative estimate of drug-likeness (QED) is 0.671. The Hall–Kier alpha value is -2.80. The highest BCUT2D eigenvalue weighted by atomic mass is 32.2. The van der Waals surface area contributed by atoms with E-state index >= 15 is 0 Å². The van der Waals surface area contributed by atoms with Crippen molar-refractivity contribution in [2.24, 2.45) is 0 Å². The van der Waals surface area contributed by atoms with Gasteiger partial charge in [-0.05, 0) is 56.2 Å². The molecule has 0 radical (unpaired) electrons. The van der Waals surface area contributed by atoms with Crippen molar-refractivity contribution in [2.75, 3.05) is 10.0 Å². The third-order valence-electron chi connectivity index (χ3n) is 4.05. The van der Waals surface area contributed by atoms with Crippen LogP contribution >= 0.6 is 0 Å². The van der Waals surface area contributed by atoms with Crippen molar-refractivity contribution in [3.8, 4) is 0 Å². The first-order valence-corrected chi connectivity index (χ1v) is 9.79. The van der Waals surface area contributed by atoms with Gasteiger partial charge in [0.05, 0.1) is 0 Å². The van der Waals surface area contributed by atoms with Crippen LogP contribution in [-0.4, -0.2) is 13.6 Å². The average Bonchev–Trinajstić information content (AvgIpc) is 2.96. The fourth-order valence-corrected chi connectivity index (χ4v) is 4.18. The first-order valence-electron chi connectivity index (χ1n) is 8.31. The summed E-state index contributed by atoms with van der Waals surface area (Å²) in [7, 11) is -3.74. The molecule has 2 aromatic carbocycles. The fourth-order valence-electron chi connectivity index (χ4n) is 2.79. The monoisotopic (exact) mass is 371 g/mol. The zero-order chi connectivity index (χ0) is 18.7. The van der Waals surface area contributed by atoms with Gasteiger partial charge in [-0.15, -0.1) is 0 Å². The van der Waals surface area contributed by atoms with Gasteiger partial charge in [0.25, 0.3) is 10.0 Å². The van der Waals surface area contributed by atoms with Crippen molar-refractivity contribution < 1.29 is 12.9 Å². The van der Waals surface area contributed by atoms with E-state index in [1.807, 2.05) is 30.3 Å². The summed E-state index contributed by atoms with van der Waals surface area (Å²) in [5.74, 6) is 0.268. The molecule has 0 saturated heterocycles. The second-order valence-electron chi connectivity index (χ2n) is 5.97. The molecular formula is C19H21N3O3S. The van der Waals surface area contributed by atoms with E-state index in [0.717, 1.165) is 17.8 Å². The molecule has 0 atom stereocenters. The molecular weight excluding hydrogens is 350 g/mol. The van der Waals surface area contributed by atoms with Crippen LogP contribution in [0.4, 0.5) is 17.1 Å². The number of sulfonamides is 1. The van der Waals surface area contributed by atoms with E-state index in [4.69, 9.17) is 4.52 Å². The van der Waals surface area contributed by atoms with E-state index in [1.54, 1.807) is 26.0 Å². The van der Waals surface area contributed by atoms with Crippen LogP contribution in [0, 0.1) is 13.8 Å². The number of nitrogens with one attached hydrogen (secondary N) is 2. The molecule has 0 amide bonds. The lowest BCUT2D eigenvalue weighted by atomic mass is 10.1. The van der Waals surface area contributed by atoms with Gasteiger partial charge in [0.15, 0.2) is 10.7 Å². The first kappa shape index (κ1) is 18.0. The minimum Gasteiger partial charge on any atom is -0.360 e. The number of rotatable bonds is 6. The Labute approximate surface area is 153 Å². The number of aromatic nitrogens is 1. The Bertz CT molecular complexity index is 989. The van der Waals surface area contributed by atoms with E-state index in [9.17, 15) is 8.42 Å². The summed E-state index contributed by atoms with van der Waals surface area (Å²) in [6.07, 6.45) is 0.929. The van der Waals surface area contributed by atoms with Crippen LogP contribution in [0.15, 0.2) is 57.9 Å². The van der Waals surface area contributed by atoms with Crippen molar-refractivity contribution in [1.82, 2.24) is 5.16 Å². The molecule has 26 heavy (non-hydrogen) atoms. The van der Waals surface area contributed by atoms with Crippen molar-refractivity contribution >= 4 is 27.1 Å². The largest absolute Gasteiger partial charge is 0.360 e. The van der Waals surface area contributed by atoms with Crippen LogP contribution < -0.4 is 10.0 Å². The third-order valence-corrected chi connectivity index (χ3v) is 5.68. The Balaban J connectivity index is 1.78. The average molecular weight is 371 g/mol. The van der Waals surface area contributed by atoms with Crippen molar-refractivity contribution in [1.29, 1.82) is 0 Å². The highest BCUT2D eigenvalue weighted by Gasteiger charge is 2.24. The number of anilines is 3. The van der Waals surface area contributed by atoms with E-state index in [0.29, 0.717) is 11.4 Å². The van der Waals surface area contributed by atoms with E-state index in [-0.39, 0.29) is 10.7 Å². The molecule has 2 N–H and O–H groups in total. The van der Waals surface area contributed by atoms with Crippen LogP contribution in [0.2, 0.25) is 0 Å². The molecule has 0 spiro atoms. The highest BCUT2D eigenvalue weighted by molar-refractivity contribution is 7.92. The number of para-hydroxylation sites is 1. The Kier molecular flexibility index (Phi) is 4.99. The lowest BCUT2D eigenvalue weighted by Crippen LogP contribution is -2.14. The van der Waals surface area contributed by atoms with Gasteiger partial charge in [0.2, 0.25) is 0 Å². The van der Waals surface area contributed by atoms with Gasteiger partial charge < -0.3 is 9.84 Å². The lowest BCUT2D eigenvalue weighted by Gasteiger charge is -2.12. The maximum absolute atomic E-state index is 12.5. The van der Waals surface area contributed by atoms with E-state index < -0.39 is 10.0 Å². The Morgan fingerprint density at radius 3 is 2.27 bits per heavy atom. The van der Waals surface area contributed by atoms with E-state index in [1.165, 1.54) is 5.56 Å². The summed E-state index contributed by atoms with van der Waals surface area (Å²) in [6.45, 7) is 5.28. The lowest BCUT2D eigenvalue weighted by molar-refractivity contribution is 0.390. The molecule has 0 aliphatic carbocycles. The molecule has 3 rings (SSSR count). The highest BCUT2D eigenvalue weighted by Crippen LogP contribution is 2.25. The molecule has 0 aliphatic rings. The molecule has 0 unspecified atom stereocenters. The molecule has 0 saturated carbocycles. The zero-order valence-corrected chi connectivity index (χ0v) is 15.7. The smallest absolute Gasteiger partial charge is 0.267 e. The second kappa shape index (κ2) is 7.21. The van der Waals surface area contributed by atoms with Gasteiger partial charge in [-0.1, -0.05) is 30.3 Å². The number of hydrogen-bond acceptors (Lipinski definition) is 5. The molecule has 6 nitrogen and oxygen atoms in total. The molecule has 0 bridgehead atoms. The number of benzene rings is 2. The van der Waals surface area contributed by atoms with Gasteiger partial charge in [-0.25, -0.2) is 8.42 Å². The molecule has 0 fully saturated rings. The summed E-state index contributed by atoms with van der Waals surface area (Å²) in [4.78, 5) is 0.0802. The molecule has 1 heterocycles. The van der Waals surface area contributed by atoms with Crippen LogP contribution in [0.25, 0.3) is 0 Å². The van der Waals surface area contributed by atoms with Crippen LogP contribution in [-0.2, 0) is 16.4 Å². The number of nitrogens with zero attached hydrogens (tertiary/aromatic N) is 1. The molecule has 136 valence electrons. The predicted octanol–water partition coefficient (Wildman–Crippen LogP) is 4.40. The van der Waals surface area contributed by atoms with Gasteiger partial charge in [-0.2, -0.15) is 0 Å². The van der Waals surface area contributed by atoms with E-state index in [2.05, 4.69) is 28.2 Å². The first-order chi connectivity index (χ1) is 12.4. The minimum absolute atomic E-state index is 0.0802. The van der Waals surface area contributed by atoms with Gasteiger partial charge in [-0.3, -0.25) is 4.72 Å². The SMILES string of the molecule is CCc1ccccc1Nc1ccc(NS(=O)(=O)c2c(C)noc2C)cc1. The molecule has 1 aromatic heterocycles. The summed E-state index contributed by atoms with van der Waals surface area (Å²) in [5, 5.41) is 7.05. The molecule has 7 heteroatoms. The maximum Gasteiger partial charge on any atom is 0.267 e. The standard InChI is InChI=1S/C19H21N3O3S/c1-4-15-7-5-6-8-18(15)20-16-9-11-17(12-10-16)22-26(23,24)19-13(2)21-25-14(19)3/h5-12,20,22H,4H2,1-3H3. The number of hydrogen-bond donors (Lipinski definition) is 2.